The minimum Gasteiger partial charge on any atom is -0.466 e. The van der Waals surface area contributed by atoms with E-state index in [1.807, 2.05) is 31.2 Å². The van der Waals surface area contributed by atoms with Crippen molar-refractivity contribution < 1.29 is 14.6 Å². The van der Waals surface area contributed by atoms with Crippen molar-refractivity contribution >= 4 is 5.97 Å². The van der Waals surface area contributed by atoms with Gasteiger partial charge in [-0.1, -0.05) is 44.5 Å². The normalized spacial score (nSPS) is 15.4. The quantitative estimate of drug-likeness (QED) is 0.777. The Morgan fingerprint density at radius 1 is 1.25 bits per heavy atom. The second-order valence-electron chi connectivity index (χ2n) is 5.29. The largest absolute Gasteiger partial charge is 0.466 e. The number of ether oxygens (including phenoxy) is 1. The summed E-state index contributed by atoms with van der Waals surface area (Å²) in [5, 5.41) is 10.8. The van der Waals surface area contributed by atoms with Crippen molar-refractivity contribution in [1.82, 2.24) is 0 Å². The summed E-state index contributed by atoms with van der Waals surface area (Å²) < 4.78 is 5.11. The standard InChI is InChI=1S/C17H26O3/c1-5-8-15(16(18)20-7-3)17(4,19)14-11-9-13(6-2)10-12-14/h9-12,15,19H,5-8H2,1-4H3. The molecule has 0 aliphatic rings. The molecule has 2 unspecified atom stereocenters. The summed E-state index contributed by atoms with van der Waals surface area (Å²) in [5.41, 5.74) is 0.781. The fraction of sp³-hybridized carbons (Fsp3) is 0.588. The Bertz CT molecular complexity index is 420. The third-order valence-corrected chi connectivity index (χ3v) is 3.77. The Kier molecular flexibility index (Phi) is 6.21. The fourth-order valence-corrected chi connectivity index (χ4v) is 2.44. The maximum atomic E-state index is 12.1. The van der Waals surface area contributed by atoms with E-state index in [1.54, 1.807) is 13.8 Å². The first-order valence-electron chi connectivity index (χ1n) is 7.45. The zero-order chi connectivity index (χ0) is 15.2. The molecule has 20 heavy (non-hydrogen) atoms. The van der Waals surface area contributed by atoms with Crippen LogP contribution in [0.3, 0.4) is 0 Å². The first-order valence-corrected chi connectivity index (χ1v) is 7.45. The van der Waals surface area contributed by atoms with E-state index in [2.05, 4.69) is 6.92 Å². The topological polar surface area (TPSA) is 46.5 Å². The number of aryl methyl sites for hydroxylation is 1. The molecule has 0 aliphatic carbocycles. The van der Waals surface area contributed by atoms with Crippen molar-refractivity contribution in [3.8, 4) is 0 Å². The summed E-state index contributed by atoms with van der Waals surface area (Å²) in [5.74, 6) is -0.848. The minimum absolute atomic E-state index is 0.320. The van der Waals surface area contributed by atoms with Gasteiger partial charge >= 0.3 is 5.97 Å². The highest BCUT2D eigenvalue weighted by molar-refractivity contribution is 5.74. The predicted molar refractivity (Wildman–Crippen MR) is 80.4 cm³/mol. The number of carbonyl (C=O) groups excluding carboxylic acids is 1. The van der Waals surface area contributed by atoms with Crippen LogP contribution in [-0.2, 0) is 21.6 Å². The lowest BCUT2D eigenvalue weighted by atomic mass is 9.80. The molecule has 0 aliphatic heterocycles. The third kappa shape index (κ3) is 3.83. The van der Waals surface area contributed by atoms with Crippen molar-refractivity contribution in [2.75, 3.05) is 6.61 Å². The highest BCUT2D eigenvalue weighted by Crippen LogP contribution is 2.33. The Morgan fingerprint density at radius 3 is 2.30 bits per heavy atom. The third-order valence-electron chi connectivity index (χ3n) is 3.77. The first-order chi connectivity index (χ1) is 9.47. The van der Waals surface area contributed by atoms with Gasteiger partial charge in [-0.05, 0) is 37.8 Å². The molecular weight excluding hydrogens is 252 g/mol. The molecule has 1 N–H and O–H groups in total. The molecule has 3 nitrogen and oxygen atoms in total. The van der Waals surface area contributed by atoms with E-state index in [9.17, 15) is 9.90 Å². The van der Waals surface area contributed by atoms with Crippen LogP contribution in [0, 0.1) is 5.92 Å². The minimum atomic E-state index is -1.20. The number of carbonyl (C=O) groups is 1. The van der Waals surface area contributed by atoms with E-state index in [1.165, 1.54) is 5.56 Å². The highest BCUT2D eigenvalue weighted by Gasteiger charge is 2.39. The van der Waals surface area contributed by atoms with Crippen LogP contribution in [0.1, 0.15) is 51.7 Å². The molecule has 0 bridgehead atoms. The van der Waals surface area contributed by atoms with E-state index >= 15 is 0 Å². The van der Waals surface area contributed by atoms with Crippen molar-refractivity contribution in [2.24, 2.45) is 5.92 Å². The van der Waals surface area contributed by atoms with E-state index in [4.69, 9.17) is 4.74 Å². The molecule has 0 saturated heterocycles. The van der Waals surface area contributed by atoms with E-state index < -0.39 is 11.5 Å². The Balaban J connectivity index is 3.03. The van der Waals surface area contributed by atoms with Gasteiger partial charge in [0.2, 0.25) is 0 Å². The second-order valence-corrected chi connectivity index (χ2v) is 5.29. The molecule has 2 atom stereocenters. The first kappa shape index (κ1) is 16.7. The van der Waals surface area contributed by atoms with Crippen molar-refractivity contribution in [1.29, 1.82) is 0 Å². The van der Waals surface area contributed by atoms with E-state index in [0.717, 1.165) is 18.4 Å². The average molecular weight is 278 g/mol. The van der Waals surface area contributed by atoms with Crippen molar-refractivity contribution in [2.45, 2.75) is 52.6 Å². The van der Waals surface area contributed by atoms with Crippen molar-refractivity contribution in [3.63, 3.8) is 0 Å². The summed E-state index contributed by atoms with van der Waals surface area (Å²) in [6, 6.07) is 7.80. The molecule has 1 aromatic carbocycles. The molecule has 0 heterocycles. The molecule has 0 amide bonds. The molecule has 1 aromatic rings. The smallest absolute Gasteiger partial charge is 0.312 e. The summed E-state index contributed by atoms with van der Waals surface area (Å²) in [6.07, 6.45) is 2.40. The second kappa shape index (κ2) is 7.44. The van der Waals surface area contributed by atoms with Crippen LogP contribution in [0.5, 0.6) is 0 Å². The lowest BCUT2D eigenvalue weighted by Crippen LogP contribution is -2.38. The van der Waals surface area contributed by atoms with Gasteiger partial charge in [0.15, 0.2) is 0 Å². The van der Waals surface area contributed by atoms with Gasteiger partial charge < -0.3 is 9.84 Å². The van der Waals surface area contributed by atoms with Crippen LogP contribution in [-0.4, -0.2) is 17.7 Å². The fourth-order valence-electron chi connectivity index (χ4n) is 2.44. The van der Waals surface area contributed by atoms with Crippen LogP contribution in [0.4, 0.5) is 0 Å². The average Bonchev–Trinajstić information content (AvgIpc) is 2.44. The number of esters is 1. The lowest BCUT2D eigenvalue weighted by molar-refractivity contribution is -0.158. The maximum Gasteiger partial charge on any atom is 0.312 e. The molecule has 0 radical (unpaired) electrons. The van der Waals surface area contributed by atoms with Gasteiger partial charge in [0.1, 0.15) is 5.60 Å². The Hall–Kier alpha value is -1.35. The van der Waals surface area contributed by atoms with Gasteiger partial charge in [0.05, 0.1) is 12.5 Å². The van der Waals surface area contributed by atoms with Gasteiger partial charge in [-0.15, -0.1) is 0 Å². The molecule has 3 heteroatoms. The molecule has 0 spiro atoms. The van der Waals surface area contributed by atoms with Crippen molar-refractivity contribution in [3.05, 3.63) is 35.4 Å². The van der Waals surface area contributed by atoms with Gasteiger partial charge in [0.25, 0.3) is 0 Å². The number of hydrogen-bond donors (Lipinski definition) is 1. The zero-order valence-corrected chi connectivity index (χ0v) is 13.0. The van der Waals surface area contributed by atoms with Gasteiger partial charge in [-0.3, -0.25) is 4.79 Å². The van der Waals surface area contributed by atoms with Crippen LogP contribution in [0.2, 0.25) is 0 Å². The Morgan fingerprint density at radius 2 is 1.85 bits per heavy atom. The monoisotopic (exact) mass is 278 g/mol. The number of hydrogen-bond acceptors (Lipinski definition) is 3. The number of benzene rings is 1. The predicted octanol–water partition coefficient (Wildman–Crippen LogP) is 3.44. The van der Waals surface area contributed by atoms with Gasteiger partial charge in [-0.25, -0.2) is 0 Å². The molecule has 0 saturated carbocycles. The van der Waals surface area contributed by atoms with Crippen LogP contribution in [0.25, 0.3) is 0 Å². The van der Waals surface area contributed by atoms with Crippen LogP contribution >= 0.6 is 0 Å². The molecule has 1 rings (SSSR count). The molecule has 0 fully saturated rings. The highest BCUT2D eigenvalue weighted by atomic mass is 16.5. The Labute approximate surface area is 122 Å². The van der Waals surface area contributed by atoms with Crippen LogP contribution in [0.15, 0.2) is 24.3 Å². The maximum absolute atomic E-state index is 12.1. The number of rotatable bonds is 7. The van der Waals surface area contributed by atoms with E-state index in [-0.39, 0.29) is 5.97 Å². The van der Waals surface area contributed by atoms with Gasteiger partial charge in [0, 0.05) is 0 Å². The summed E-state index contributed by atoms with van der Waals surface area (Å²) in [6.45, 7) is 7.91. The SMILES string of the molecule is CCCC(C(=O)OCC)C(C)(O)c1ccc(CC)cc1. The van der Waals surface area contributed by atoms with E-state index in [0.29, 0.717) is 13.0 Å². The summed E-state index contributed by atoms with van der Waals surface area (Å²) >= 11 is 0. The summed E-state index contributed by atoms with van der Waals surface area (Å²) in [4.78, 5) is 12.1. The lowest BCUT2D eigenvalue weighted by Gasteiger charge is -2.31. The summed E-state index contributed by atoms with van der Waals surface area (Å²) in [7, 11) is 0. The molecular formula is C17H26O3. The zero-order valence-electron chi connectivity index (χ0n) is 13.0. The van der Waals surface area contributed by atoms with Gasteiger partial charge in [-0.2, -0.15) is 0 Å². The molecule has 0 aromatic heterocycles. The molecule has 112 valence electrons. The van der Waals surface area contributed by atoms with Crippen LogP contribution < -0.4 is 0 Å². The number of aliphatic hydroxyl groups is 1.